The monoisotopic (exact) mass is 131 g/mol. The molecule has 1 heterocycles. The fourth-order valence-electron chi connectivity index (χ4n) is 0.727. The third kappa shape index (κ3) is 0.823. The molecule has 0 bridgehead atoms. The van der Waals surface area contributed by atoms with Crippen LogP contribution in [0.1, 0.15) is 13.3 Å². The summed E-state index contributed by atoms with van der Waals surface area (Å²) in [6, 6.07) is 0. The summed E-state index contributed by atoms with van der Waals surface area (Å²) in [5.41, 5.74) is 0. The SMILES string of the molecule is CC(S)N1CCC1=O. The van der Waals surface area contributed by atoms with E-state index in [4.69, 9.17) is 0 Å². The Morgan fingerprint density at radius 3 is 2.50 bits per heavy atom. The zero-order valence-electron chi connectivity index (χ0n) is 4.79. The van der Waals surface area contributed by atoms with Gasteiger partial charge in [0.15, 0.2) is 0 Å². The van der Waals surface area contributed by atoms with E-state index in [0.717, 1.165) is 6.54 Å². The maximum atomic E-state index is 10.5. The second-order valence-corrected chi connectivity index (χ2v) is 2.72. The molecule has 0 N–H and O–H groups in total. The molecule has 1 atom stereocenters. The molecule has 0 aromatic heterocycles. The standard InChI is InChI=1S/C5H9NOS/c1-4(8)6-3-2-5(6)7/h4,8H,2-3H2,1H3. The quantitative estimate of drug-likeness (QED) is 0.406. The van der Waals surface area contributed by atoms with Gasteiger partial charge in [-0.1, -0.05) is 0 Å². The molecule has 1 aliphatic rings. The highest BCUT2D eigenvalue weighted by atomic mass is 32.1. The summed E-state index contributed by atoms with van der Waals surface area (Å²) in [5.74, 6) is 0.229. The molecular weight excluding hydrogens is 122 g/mol. The van der Waals surface area contributed by atoms with E-state index < -0.39 is 0 Å². The molecule has 1 amide bonds. The number of hydrogen-bond acceptors (Lipinski definition) is 2. The molecule has 46 valence electrons. The predicted molar refractivity (Wildman–Crippen MR) is 34.8 cm³/mol. The third-order valence-electron chi connectivity index (χ3n) is 1.34. The van der Waals surface area contributed by atoms with Crippen molar-refractivity contribution < 1.29 is 4.79 Å². The highest BCUT2D eigenvalue weighted by molar-refractivity contribution is 7.80. The van der Waals surface area contributed by atoms with Crippen LogP contribution >= 0.6 is 12.6 Å². The van der Waals surface area contributed by atoms with Gasteiger partial charge in [-0.25, -0.2) is 0 Å². The van der Waals surface area contributed by atoms with Crippen LogP contribution in [0.5, 0.6) is 0 Å². The van der Waals surface area contributed by atoms with E-state index >= 15 is 0 Å². The van der Waals surface area contributed by atoms with Gasteiger partial charge in [0, 0.05) is 13.0 Å². The van der Waals surface area contributed by atoms with Gasteiger partial charge in [0.05, 0.1) is 5.37 Å². The molecule has 0 radical (unpaired) electrons. The predicted octanol–water partition coefficient (Wildman–Crippen LogP) is 0.494. The fraction of sp³-hybridized carbons (Fsp3) is 0.800. The molecule has 0 spiro atoms. The van der Waals surface area contributed by atoms with E-state index in [1.54, 1.807) is 4.90 Å². The van der Waals surface area contributed by atoms with Crippen molar-refractivity contribution in [2.24, 2.45) is 0 Å². The van der Waals surface area contributed by atoms with E-state index in [9.17, 15) is 4.79 Å². The van der Waals surface area contributed by atoms with E-state index in [0.29, 0.717) is 6.42 Å². The molecule has 8 heavy (non-hydrogen) atoms. The summed E-state index contributed by atoms with van der Waals surface area (Å²) in [5, 5.41) is 0.108. The molecule has 0 saturated carbocycles. The van der Waals surface area contributed by atoms with Crippen LogP contribution in [0.25, 0.3) is 0 Å². The van der Waals surface area contributed by atoms with Gasteiger partial charge >= 0.3 is 0 Å². The lowest BCUT2D eigenvalue weighted by molar-refractivity contribution is -0.140. The van der Waals surface area contributed by atoms with Crippen LogP contribution in [0.2, 0.25) is 0 Å². The highest BCUT2D eigenvalue weighted by Gasteiger charge is 2.25. The van der Waals surface area contributed by atoms with E-state index in [2.05, 4.69) is 12.6 Å². The van der Waals surface area contributed by atoms with Crippen LogP contribution in [0.3, 0.4) is 0 Å². The van der Waals surface area contributed by atoms with Crippen LogP contribution < -0.4 is 0 Å². The molecule has 1 rings (SSSR count). The lowest BCUT2D eigenvalue weighted by atomic mass is 10.2. The van der Waals surface area contributed by atoms with Crippen molar-refractivity contribution in [1.82, 2.24) is 4.90 Å². The maximum absolute atomic E-state index is 10.5. The van der Waals surface area contributed by atoms with Gasteiger partial charge < -0.3 is 4.90 Å². The van der Waals surface area contributed by atoms with Gasteiger partial charge in [-0.3, -0.25) is 4.79 Å². The van der Waals surface area contributed by atoms with Crippen molar-refractivity contribution >= 4 is 18.5 Å². The van der Waals surface area contributed by atoms with Crippen LogP contribution in [-0.2, 0) is 4.79 Å². The Hall–Kier alpha value is -0.180. The molecule has 1 aliphatic heterocycles. The van der Waals surface area contributed by atoms with Crippen molar-refractivity contribution in [3.63, 3.8) is 0 Å². The van der Waals surface area contributed by atoms with Gasteiger partial charge in [0.25, 0.3) is 0 Å². The number of nitrogens with zero attached hydrogens (tertiary/aromatic N) is 1. The van der Waals surface area contributed by atoms with E-state index in [1.165, 1.54) is 0 Å². The Balaban J connectivity index is 2.37. The molecule has 3 heteroatoms. The first-order valence-electron chi connectivity index (χ1n) is 2.69. The topological polar surface area (TPSA) is 20.3 Å². The molecule has 2 nitrogen and oxygen atoms in total. The first kappa shape index (κ1) is 5.95. The molecule has 1 fully saturated rings. The second kappa shape index (κ2) is 1.97. The average Bonchev–Trinajstić information content (AvgIpc) is 1.61. The number of carbonyl (C=O) groups is 1. The zero-order chi connectivity index (χ0) is 6.15. The van der Waals surface area contributed by atoms with Gasteiger partial charge in [0.2, 0.25) is 5.91 Å². The number of carbonyl (C=O) groups excluding carboxylic acids is 1. The summed E-state index contributed by atoms with van der Waals surface area (Å²) in [6.45, 7) is 2.80. The minimum atomic E-state index is 0.108. The molecule has 1 saturated heterocycles. The number of hydrogen-bond donors (Lipinski definition) is 1. The highest BCUT2D eigenvalue weighted by Crippen LogP contribution is 2.14. The zero-order valence-corrected chi connectivity index (χ0v) is 5.69. The summed E-state index contributed by atoms with van der Waals surface area (Å²) >= 11 is 4.09. The van der Waals surface area contributed by atoms with Crippen molar-refractivity contribution in [3.05, 3.63) is 0 Å². The van der Waals surface area contributed by atoms with Crippen molar-refractivity contribution in [2.45, 2.75) is 18.7 Å². The van der Waals surface area contributed by atoms with Gasteiger partial charge in [-0.05, 0) is 6.92 Å². The Morgan fingerprint density at radius 1 is 1.88 bits per heavy atom. The normalized spacial score (nSPS) is 22.8. The Morgan fingerprint density at radius 2 is 2.50 bits per heavy atom. The first-order chi connectivity index (χ1) is 3.72. The van der Waals surface area contributed by atoms with E-state index in [-0.39, 0.29) is 11.3 Å². The van der Waals surface area contributed by atoms with Crippen molar-refractivity contribution in [3.8, 4) is 0 Å². The smallest absolute Gasteiger partial charge is 0.225 e. The molecule has 1 unspecified atom stereocenters. The second-order valence-electron chi connectivity index (χ2n) is 1.97. The summed E-state index contributed by atoms with van der Waals surface area (Å²) in [4.78, 5) is 12.3. The molecule has 0 aliphatic carbocycles. The molecule has 0 aromatic rings. The van der Waals surface area contributed by atoms with Crippen LogP contribution in [0.4, 0.5) is 0 Å². The van der Waals surface area contributed by atoms with Gasteiger partial charge in [0.1, 0.15) is 0 Å². The number of thiol groups is 1. The summed E-state index contributed by atoms with van der Waals surface area (Å²) in [7, 11) is 0. The minimum Gasteiger partial charge on any atom is -0.331 e. The van der Waals surface area contributed by atoms with E-state index in [1.807, 2.05) is 6.92 Å². The van der Waals surface area contributed by atoms with Crippen molar-refractivity contribution in [1.29, 1.82) is 0 Å². The van der Waals surface area contributed by atoms with Crippen LogP contribution in [-0.4, -0.2) is 22.7 Å². The van der Waals surface area contributed by atoms with Gasteiger partial charge in [-0.2, -0.15) is 12.6 Å². The number of rotatable bonds is 1. The van der Waals surface area contributed by atoms with Crippen LogP contribution in [0, 0.1) is 0 Å². The number of likely N-dealkylation sites (tertiary alicyclic amines) is 1. The Labute approximate surface area is 54.3 Å². The van der Waals surface area contributed by atoms with Gasteiger partial charge in [-0.15, -0.1) is 0 Å². The summed E-state index contributed by atoms with van der Waals surface area (Å²) < 4.78 is 0. The van der Waals surface area contributed by atoms with Crippen LogP contribution in [0.15, 0.2) is 0 Å². The third-order valence-corrected chi connectivity index (χ3v) is 1.62. The Kier molecular flexibility index (Phi) is 1.47. The minimum absolute atomic E-state index is 0.108. The average molecular weight is 131 g/mol. The first-order valence-corrected chi connectivity index (χ1v) is 3.21. The number of amides is 1. The Bertz CT molecular complexity index is 113. The lowest BCUT2D eigenvalue weighted by Crippen LogP contribution is -2.46. The lowest BCUT2D eigenvalue weighted by Gasteiger charge is -2.33. The summed E-state index contributed by atoms with van der Waals surface area (Å²) in [6.07, 6.45) is 0.713. The largest absolute Gasteiger partial charge is 0.331 e. The molecule has 0 aromatic carbocycles. The fourth-order valence-corrected chi connectivity index (χ4v) is 0.972. The number of β-lactam (4-membered cyclic amide) rings is 1. The molecular formula is C5H9NOS. The maximum Gasteiger partial charge on any atom is 0.225 e. The van der Waals surface area contributed by atoms with Crippen molar-refractivity contribution in [2.75, 3.05) is 6.54 Å².